The Morgan fingerprint density at radius 1 is 1.31 bits per heavy atom. The number of ketones is 1. The number of aromatic nitrogens is 1. The molecule has 1 aromatic carbocycles. The fourth-order valence-electron chi connectivity index (χ4n) is 4.71. The molecular formula is C21H24N2O3. The number of hydrogen-bond donors (Lipinski definition) is 1. The van der Waals surface area contributed by atoms with Crippen LogP contribution in [-0.2, 0) is 16.0 Å². The Bertz CT molecular complexity index is 911. The summed E-state index contributed by atoms with van der Waals surface area (Å²) in [5, 5.41) is 1.07. The van der Waals surface area contributed by atoms with Crippen LogP contribution in [0, 0.1) is 11.8 Å². The van der Waals surface area contributed by atoms with Crippen molar-refractivity contribution < 1.29 is 14.3 Å². The predicted molar refractivity (Wildman–Crippen MR) is 99.9 cm³/mol. The molecule has 5 nitrogen and oxygen atoms in total. The molecule has 2 heterocycles. The smallest absolute Gasteiger partial charge is 0.311 e. The van der Waals surface area contributed by atoms with Crippen LogP contribution in [0.4, 0.5) is 0 Å². The lowest BCUT2D eigenvalue weighted by atomic mass is 9.71. The van der Waals surface area contributed by atoms with Crippen LogP contribution < -0.4 is 0 Å². The van der Waals surface area contributed by atoms with Gasteiger partial charge in [0.1, 0.15) is 0 Å². The first-order valence-corrected chi connectivity index (χ1v) is 9.18. The first-order valence-electron chi connectivity index (χ1n) is 9.18. The third-order valence-electron chi connectivity index (χ3n) is 6.01. The number of rotatable bonds is 2. The van der Waals surface area contributed by atoms with Crippen molar-refractivity contribution in [1.82, 2.24) is 9.88 Å². The van der Waals surface area contributed by atoms with E-state index in [0.717, 1.165) is 28.5 Å². The monoisotopic (exact) mass is 352 g/mol. The number of H-pyrrole nitrogens is 1. The Labute approximate surface area is 153 Å². The van der Waals surface area contributed by atoms with Crippen LogP contribution in [-0.4, -0.2) is 41.8 Å². The number of benzene rings is 1. The van der Waals surface area contributed by atoms with Crippen molar-refractivity contribution in [3.05, 3.63) is 47.3 Å². The van der Waals surface area contributed by atoms with E-state index >= 15 is 0 Å². The highest BCUT2D eigenvalue weighted by atomic mass is 16.5. The molecule has 26 heavy (non-hydrogen) atoms. The molecule has 4 rings (SSSR count). The van der Waals surface area contributed by atoms with Crippen LogP contribution in [0.15, 0.2) is 36.0 Å². The van der Waals surface area contributed by atoms with Gasteiger partial charge in [-0.3, -0.25) is 9.59 Å². The first-order chi connectivity index (χ1) is 12.5. The van der Waals surface area contributed by atoms with Gasteiger partial charge in [0, 0.05) is 36.3 Å². The zero-order valence-electron chi connectivity index (χ0n) is 15.4. The third-order valence-corrected chi connectivity index (χ3v) is 6.01. The number of esters is 1. The SMILES string of the molecule is CCC1=CN(C)C2Cc3c([nH]c4ccccc34)C(=O)CC1C2C(=O)OC. The zero-order valence-corrected chi connectivity index (χ0v) is 15.4. The number of nitrogens with zero attached hydrogens (tertiary/aromatic N) is 1. The molecule has 3 unspecified atom stereocenters. The highest BCUT2D eigenvalue weighted by Gasteiger charge is 2.45. The summed E-state index contributed by atoms with van der Waals surface area (Å²) in [5.41, 5.74) is 3.84. The lowest BCUT2D eigenvalue weighted by Crippen LogP contribution is -2.50. The number of Topliss-reactive ketones (excluding diaryl/α,β-unsaturated/α-hetero) is 1. The van der Waals surface area contributed by atoms with Crippen molar-refractivity contribution in [1.29, 1.82) is 0 Å². The summed E-state index contributed by atoms with van der Waals surface area (Å²) in [4.78, 5) is 31.2. The van der Waals surface area contributed by atoms with E-state index in [0.29, 0.717) is 18.5 Å². The minimum absolute atomic E-state index is 0.0196. The minimum Gasteiger partial charge on any atom is -0.469 e. The van der Waals surface area contributed by atoms with Gasteiger partial charge in [0.25, 0.3) is 0 Å². The first kappa shape index (κ1) is 16.9. The molecular weight excluding hydrogens is 328 g/mol. The molecule has 5 heteroatoms. The Morgan fingerprint density at radius 2 is 2.08 bits per heavy atom. The summed E-state index contributed by atoms with van der Waals surface area (Å²) in [6.45, 7) is 2.08. The molecule has 1 aliphatic carbocycles. The fourth-order valence-corrected chi connectivity index (χ4v) is 4.71. The summed E-state index contributed by atoms with van der Waals surface area (Å²) in [5.74, 6) is -0.559. The number of hydrogen-bond acceptors (Lipinski definition) is 4. The van der Waals surface area contributed by atoms with Crippen molar-refractivity contribution in [2.24, 2.45) is 11.8 Å². The van der Waals surface area contributed by atoms with Gasteiger partial charge >= 0.3 is 5.97 Å². The van der Waals surface area contributed by atoms with Crippen LogP contribution >= 0.6 is 0 Å². The molecule has 0 saturated carbocycles. The Balaban J connectivity index is 1.90. The molecule has 0 saturated heterocycles. The van der Waals surface area contributed by atoms with Crippen molar-refractivity contribution >= 4 is 22.7 Å². The lowest BCUT2D eigenvalue weighted by Gasteiger charge is -2.43. The normalized spacial score (nSPS) is 25.3. The van der Waals surface area contributed by atoms with E-state index in [2.05, 4.69) is 23.0 Å². The molecule has 1 aliphatic heterocycles. The number of allylic oxidation sites excluding steroid dienone is 1. The number of fused-ring (bicyclic) bond motifs is 5. The van der Waals surface area contributed by atoms with E-state index < -0.39 is 0 Å². The van der Waals surface area contributed by atoms with E-state index in [9.17, 15) is 9.59 Å². The van der Waals surface area contributed by atoms with Gasteiger partial charge in [0.15, 0.2) is 5.78 Å². The molecule has 0 amide bonds. The van der Waals surface area contributed by atoms with Crippen LogP contribution in [0.1, 0.15) is 35.8 Å². The summed E-state index contributed by atoms with van der Waals surface area (Å²) in [6.07, 6.45) is 3.93. The van der Waals surface area contributed by atoms with Gasteiger partial charge in [0.05, 0.1) is 18.7 Å². The van der Waals surface area contributed by atoms with E-state index in [4.69, 9.17) is 4.74 Å². The quantitative estimate of drug-likeness (QED) is 0.843. The summed E-state index contributed by atoms with van der Waals surface area (Å²) in [6, 6.07) is 7.97. The maximum absolute atomic E-state index is 13.1. The highest BCUT2D eigenvalue weighted by Crippen LogP contribution is 2.41. The molecule has 136 valence electrons. The molecule has 1 aromatic heterocycles. The molecule has 2 bridgehead atoms. The molecule has 2 aromatic rings. The van der Waals surface area contributed by atoms with E-state index in [1.807, 2.05) is 31.3 Å². The molecule has 2 aliphatic rings. The van der Waals surface area contributed by atoms with Gasteiger partial charge < -0.3 is 14.6 Å². The van der Waals surface area contributed by atoms with Crippen LogP contribution in [0.25, 0.3) is 10.9 Å². The number of aromatic amines is 1. The third kappa shape index (κ3) is 2.45. The number of methoxy groups -OCH3 is 1. The molecule has 0 radical (unpaired) electrons. The fraction of sp³-hybridized carbons (Fsp3) is 0.429. The second kappa shape index (κ2) is 6.31. The van der Waals surface area contributed by atoms with Crippen LogP contribution in [0.5, 0.6) is 0 Å². The van der Waals surface area contributed by atoms with Crippen molar-refractivity contribution in [3.63, 3.8) is 0 Å². The number of nitrogens with one attached hydrogen (secondary N) is 1. The average molecular weight is 352 g/mol. The standard InChI is InChI=1S/C21H24N2O3/c1-4-12-11-23(2)17-9-15-13-7-5-6-8-16(13)22-20(15)18(24)10-14(12)19(17)21(25)26-3/h5-8,11,14,17,19,22H,4,9-10H2,1-3H3. The average Bonchev–Trinajstić information content (AvgIpc) is 3.01. The zero-order chi connectivity index (χ0) is 18.4. The topological polar surface area (TPSA) is 62.4 Å². The second-order valence-electron chi connectivity index (χ2n) is 7.30. The van der Waals surface area contributed by atoms with Crippen molar-refractivity contribution in [3.8, 4) is 0 Å². The predicted octanol–water partition coefficient (Wildman–Crippen LogP) is 3.31. The number of likely N-dealkylation sites (N-methyl/N-ethyl adjacent to an activating group) is 1. The van der Waals surface area contributed by atoms with Gasteiger partial charge in [-0.15, -0.1) is 0 Å². The number of carbonyl (C=O) groups is 2. The maximum atomic E-state index is 13.1. The Morgan fingerprint density at radius 3 is 2.81 bits per heavy atom. The Kier molecular flexibility index (Phi) is 4.10. The molecule has 1 N–H and O–H groups in total. The van der Waals surface area contributed by atoms with Gasteiger partial charge in [-0.2, -0.15) is 0 Å². The maximum Gasteiger partial charge on any atom is 0.311 e. The van der Waals surface area contributed by atoms with Gasteiger partial charge in [0.2, 0.25) is 0 Å². The Hall–Kier alpha value is -2.56. The van der Waals surface area contributed by atoms with E-state index in [1.165, 1.54) is 7.11 Å². The summed E-state index contributed by atoms with van der Waals surface area (Å²) in [7, 11) is 3.45. The number of carbonyl (C=O) groups excluding carboxylic acids is 2. The van der Waals surface area contributed by atoms with Crippen LogP contribution in [0.3, 0.4) is 0 Å². The summed E-state index contributed by atoms with van der Waals surface area (Å²) >= 11 is 0. The largest absolute Gasteiger partial charge is 0.469 e. The molecule has 3 atom stereocenters. The molecule has 0 spiro atoms. The van der Waals surface area contributed by atoms with Gasteiger partial charge in [-0.05, 0) is 30.7 Å². The van der Waals surface area contributed by atoms with Crippen molar-refractivity contribution in [2.75, 3.05) is 14.2 Å². The van der Waals surface area contributed by atoms with Gasteiger partial charge in [-0.1, -0.05) is 30.7 Å². The second-order valence-corrected chi connectivity index (χ2v) is 7.30. The summed E-state index contributed by atoms with van der Waals surface area (Å²) < 4.78 is 5.14. The van der Waals surface area contributed by atoms with Gasteiger partial charge in [-0.25, -0.2) is 0 Å². The lowest BCUT2D eigenvalue weighted by molar-refractivity contribution is -0.150. The number of ether oxygens (including phenoxy) is 1. The van der Waals surface area contributed by atoms with E-state index in [-0.39, 0.29) is 29.6 Å². The molecule has 0 fully saturated rings. The highest BCUT2D eigenvalue weighted by molar-refractivity contribution is 6.03. The van der Waals surface area contributed by atoms with Crippen molar-refractivity contribution in [2.45, 2.75) is 32.2 Å². The van der Waals surface area contributed by atoms with Crippen LogP contribution in [0.2, 0.25) is 0 Å². The minimum atomic E-state index is -0.323. The van der Waals surface area contributed by atoms with E-state index in [1.54, 1.807) is 0 Å². The number of para-hydroxylation sites is 1.